The van der Waals surface area contributed by atoms with Gasteiger partial charge < -0.3 is 0 Å². The number of carbonyl (C=O) groups excluding carboxylic acids is 1. The van der Waals surface area contributed by atoms with Crippen LogP contribution in [0.4, 0.5) is 0 Å². The molecule has 1 aromatic carbocycles. The molecular weight excluding hydrogens is 314 g/mol. The molecule has 0 spiro atoms. The van der Waals surface area contributed by atoms with Crippen molar-refractivity contribution in [3.8, 4) is 0 Å². The summed E-state index contributed by atoms with van der Waals surface area (Å²) in [6.07, 6.45) is 1.58. The van der Waals surface area contributed by atoms with Gasteiger partial charge in [0.2, 0.25) is 10.0 Å². The average Bonchev–Trinajstić information content (AvgIpc) is 2.76. The lowest BCUT2D eigenvalue weighted by atomic mass is 10.1. The molecule has 21 heavy (non-hydrogen) atoms. The second-order valence-corrected chi connectivity index (χ2v) is 8.34. The van der Waals surface area contributed by atoms with Gasteiger partial charge in [-0.05, 0) is 12.1 Å². The SMILES string of the molecule is CCC(=O)c1cccc(S(=O)(=O)NC2C=CS(=O)(=O)C2)c1. The molecule has 114 valence electrons. The van der Waals surface area contributed by atoms with Crippen molar-refractivity contribution in [3.05, 3.63) is 41.3 Å². The van der Waals surface area contributed by atoms with Crippen LogP contribution in [0.5, 0.6) is 0 Å². The van der Waals surface area contributed by atoms with Crippen molar-refractivity contribution < 1.29 is 21.6 Å². The van der Waals surface area contributed by atoms with Crippen LogP contribution in [0.1, 0.15) is 23.7 Å². The Morgan fingerprint density at radius 1 is 1.38 bits per heavy atom. The van der Waals surface area contributed by atoms with Crippen LogP contribution >= 0.6 is 0 Å². The molecule has 8 heteroatoms. The number of carbonyl (C=O) groups is 1. The third kappa shape index (κ3) is 3.78. The molecule has 1 N–H and O–H groups in total. The molecule has 0 aliphatic carbocycles. The molecule has 0 saturated carbocycles. The predicted octanol–water partition coefficient (Wildman–Crippen LogP) is 0.868. The first-order chi connectivity index (χ1) is 9.73. The van der Waals surface area contributed by atoms with Gasteiger partial charge in [0, 0.05) is 17.4 Å². The highest BCUT2D eigenvalue weighted by atomic mass is 32.2. The molecule has 6 nitrogen and oxygen atoms in total. The van der Waals surface area contributed by atoms with Gasteiger partial charge >= 0.3 is 0 Å². The van der Waals surface area contributed by atoms with Gasteiger partial charge in [0.05, 0.1) is 16.7 Å². The third-order valence-corrected chi connectivity index (χ3v) is 5.91. The van der Waals surface area contributed by atoms with E-state index in [-0.39, 0.29) is 22.9 Å². The molecule has 1 aliphatic heterocycles. The first-order valence-corrected chi connectivity index (χ1v) is 9.50. The van der Waals surface area contributed by atoms with Crippen LogP contribution in [0, 0.1) is 0 Å². The van der Waals surface area contributed by atoms with Crippen molar-refractivity contribution in [2.75, 3.05) is 5.75 Å². The van der Waals surface area contributed by atoms with E-state index >= 15 is 0 Å². The molecule has 1 unspecified atom stereocenters. The number of hydrogen-bond acceptors (Lipinski definition) is 5. The monoisotopic (exact) mass is 329 g/mol. The van der Waals surface area contributed by atoms with Crippen molar-refractivity contribution in [1.82, 2.24) is 4.72 Å². The molecule has 0 saturated heterocycles. The summed E-state index contributed by atoms with van der Waals surface area (Å²) in [7, 11) is -7.21. The minimum Gasteiger partial charge on any atom is -0.294 e. The Bertz CT molecular complexity index is 794. The van der Waals surface area contributed by atoms with Crippen LogP contribution in [0.2, 0.25) is 0 Å². The Morgan fingerprint density at radius 3 is 2.67 bits per heavy atom. The molecule has 0 bridgehead atoms. The molecule has 1 heterocycles. The lowest BCUT2D eigenvalue weighted by molar-refractivity contribution is 0.0988. The molecule has 1 aromatic rings. The molecule has 0 aromatic heterocycles. The number of Topliss-reactive ketones (excluding diaryl/α,β-unsaturated/α-hetero) is 1. The van der Waals surface area contributed by atoms with E-state index in [2.05, 4.69) is 4.72 Å². The second-order valence-electron chi connectivity index (χ2n) is 4.69. The van der Waals surface area contributed by atoms with E-state index in [0.717, 1.165) is 5.41 Å². The highest BCUT2D eigenvalue weighted by Crippen LogP contribution is 2.16. The highest BCUT2D eigenvalue weighted by molar-refractivity contribution is 7.94. The summed E-state index contributed by atoms with van der Waals surface area (Å²) in [6, 6.07) is 4.90. The largest absolute Gasteiger partial charge is 0.294 e. The molecular formula is C13H15NO5S2. The summed E-state index contributed by atoms with van der Waals surface area (Å²) in [5.41, 5.74) is 0.315. The van der Waals surface area contributed by atoms with E-state index in [0.29, 0.717) is 5.56 Å². The maximum Gasteiger partial charge on any atom is 0.241 e. The van der Waals surface area contributed by atoms with E-state index in [9.17, 15) is 21.6 Å². The first kappa shape index (κ1) is 15.9. The van der Waals surface area contributed by atoms with E-state index in [4.69, 9.17) is 0 Å². The third-order valence-electron chi connectivity index (χ3n) is 3.02. The van der Waals surface area contributed by atoms with Crippen molar-refractivity contribution in [1.29, 1.82) is 0 Å². The number of nitrogens with one attached hydrogen (secondary N) is 1. The molecule has 1 aliphatic rings. The summed E-state index contributed by atoms with van der Waals surface area (Å²) in [5, 5.41) is 0.997. The van der Waals surface area contributed by atoms with Crippen LogP contribution in [0.3, 0.4) is 0 Å². The zero-order valence-electron chi connectivity index (χ0n) is 11.3. The minimum absolute atomic E-state index is 0.0560. The van der Waals surface area contributed by atoms with Crippen LogP contribution < -0.4 is 4.72 Å². The number of sulfone groups is 1. The summed E-state index contributed by atoms with van der Waals surface area (Å²) in [4.78, 5) is 11.6. The quantitative estimate of drug-likeness (QED) is 0.808. The normalized spacial score (nSPS) is 20.5. The number of ketones is 1. The van der Waals surface area contributed by atoms with Gasteiger partial charge in [0.15, 0.2) is 15.6 Å². The van der Waals surface area contributed by atoms with Crippen LogP contribution in [-0.2, 0) is 19.9 Å². The maximum absolute atomic E-state index is 12.2. The van der Waals surface area contributed by atoms with Crippen molar-refractivity contribution in [3.63, 3.8) is 0 Å². The van der Waals surface area contributed by atoms with Crippen LogP contribution in [0.15, 0.2) is 40.6 Å². The van der Waals surface area contributed by atoms with Crippen molar-refractivity contribution >= 4 is 25.6 Å². The van der Waals surface area contributed by atoms with Crippen molar-refractivity contribution in [2.24, 2.45) is 0 Å². The van der Waals surface area contributed by atoms with Gasteiger partial charge in [-0.3, -0.25) is 4.79 Å². The molecule has 0 amide bonds. The summed E-state index contributed by atoms with van der Waals surface area (Å²) in [6.45, 7) is 1.69. The summed E-state index contributed by atoms with van der Waals surface area (Å²) >= 11 is 0. The Balaban J connectivity index is 2.24. The Morgan fingerprint density at radius 2 is 2.10 bits per heavy atom. The molecule has 2 rings (SSSR count). The summed E-state index contributed by atoms with van der Waals surface area (Å²) in [5.74, 6) is -0.449. The van der Waals surface area contributed by atoms with Gasteiger partial charge in [-0.25, -0.2) is 21.6 Å². The maximum atomic E-state index is 12.2. The smallest absolute Gasteiger partial charge is 0.241 e. The van der Waals surface area contributed by atoms with Crippen molar-refractivity contribution in [2.45, 2.75) is 24.3 Å². The van der Waals surface area contributed by atoms with E-state index in [1.165, 1.54) is 24.3 Å². The number of hydrogen-bond donors (Lipinski definition) is 1. The number of benzene rings is 1. The lowest BCUT2D eigenvalue weighted by Gasteiger charge is -2.11. The number of rotatable bonds is 5. The predicted molar refractivity (Wildman–Crippen MR) is 78.1 cm³/mol. The zero-order valence-corrected chi connectivity index (χ0v) is 12.9. The Kier molecular flexibility index (Phi) is 4.31. The van der Waals surface area contributed by atoms with Gasteiger partial charge in [-0.2, -0.15) is 0 Å². The Labute approximate surface area is 123 Å². The molecule has 1 atom stereocenters. The van der Waals surface area contributed by atoms with E-state index in [1.54, 1.807) is 13.0 Å². The molecule has 0 fully saturated rings. The van der Waals surface area contributed by atoms with E-state index < -0.39 is 25.9 Å². The highest BCUT2D eigenvalue weighted by Gasteiger charge is 2.27. The van der Waals surface area contributed by atoms with Crippen LogP contribution in [0.25, 0.3) is 0 Å². The van der Waals surface area contributed by atoms with Gasteiger partial charge in [0.25, 0.3) is 0 Å². The zero-order chi connectivity index (χ0) is 15.7. The fraction of sp³-hybridized carbons (Fsp3) is 0.308. The fourth-order valence-electron chi connectivity index (χ4n) is 1.96. The average molecular weight is 329 g/mol. The number of sulfonamides is 1. The Hall–Kier alpha value is -1.51. The van der Waals surface area contributed by atoms with Gasteiger partial charge in [0.1, 0.15) is 0 Å². The standard InChI is InChI=1S/C13H15NO5S2/c1-2-13(15)10-4-3-5-12(8-10)21(18,19)14-11-6-7-20(16,17)9-11/h3-8,11,14H,2,9H2,1H3. The first-order valence-electron chi connectivity index (χ1n) is 6.30. The topological polar surface area (TPSA) is 97.4 Å². The van der Waals surface area contributed by atoms with Gasteiger partial charge in [-0.15, -0.1) is 0 Å². The summed E-state index contributed by atoms with van der Waals surface area (Å²) < 4.78 is 49.3. The fourth-order valence-corrected chi connectivity index (χ4v) is 4.53. The second kappa shape index (κ2) is 5.70. The molecule has 0 radical (unpaired) electrons. The minimum atomic E-state index is -3.88. The lowest BCUT2D eigenvalue weighted by Crippen LogP contribution is -2.35. The van der Waals surface area contributed by atoms with Gasteiger partial charge in [-0.1, -0.05) is 25.1 Å². The van der Waals surface area contributed by atoms with Crippen LogP contribution in [-0.4, -0.2) is 34.4 Å². The van der Waals surface area contributed by atoms with E-state index in [1.807, 2.05) is 0 Å².